The number of likely N-dealkylation sites (tertiary alicyclic amines) is 1. The standard InChI is InChI=1S/C16H18Cl2N2O4S2/c17-11-4-5-12(13(18)10-11)16-20(6-8-25-16)26(23,24)9-7-19-14(21)2-1-3-15(19)22/h4-5,10,16H,1-3,6-9H2. The molecule has 0 N–H and O–H groups in total. The third-order valence-corrected chi connectivity index (χ3v) is 8.14. The van der Waals surface area contributed by atoms with Gasteiger partial charge >= 0.3 is 0 Å². The lowest BCUT2D eigenvalue weighted by molar-refractivity contribution is -0.147. The molecule has 3 rings (SSSR count). The topological polar surface area (TPSA) is 74.8 Å². The highest BCUT2D eigenvalue weighted by Gasteiger charge is 2.37. The highest BCUT2D eigenvalue weighted by Crippen LogP contribution is 2.43. The largest absolute Gasteiger partial charge is 0.282 e. The number of halogens is 2. The molecule has 0 aromatic heterocycles. The van der Waals surface area contributed by atoms with Crippen molar-refractivity contribution in [3.8, 4) is 0 Å². The summed E-state index contributed by atoms with van der Waals surface area (Å²) in [5.41, 5.74) is 0.687. The summed E-state index contributed by atoms with van der Waals surface area (Å²) in [4.78, 5) is 24.8. The molecule has 2 fully saturated rings. The molecule has 1 atom stereocenters. The zero-order chi connectivity index (χ0) is 18.9. The highest BCUT2D eigenvalue weighted by molar-refractivity contribution is 8.01. The molecule has 2 heterocycles. The molecule has 2 aliphatic heterocycles. The van der Waals surface area contributed by atoms with Crippen LogP contribution in [0.1, 0.15) is 30.2 Å². The summed E-state index contributed by atoms with van der Waals surface area (Å²) < 4.78 is 27.1. The van der Waals surface area contributed by atoms with Crippen LogP contribution in [0.15, 0.2) is 18.2 Å². The monoisotopic (exact) mass is 436 g/mol. The fraction of sp³-hybridized carbons (Fsp3) is 0.500. The highest BCUT2D eigenvalue weighted by atomic mass is 35.5. The predicted octanol–water partition coefficient (Wildman–Crippen LogP) is 2.91. The maximum atomic E-state index is 12.8. The van der Waals surface area contributed by atoms with E-state index in [4.69, 9.17) is 23.2 Å². The number of carbonyl (C=O) groups excluding carboxylic acids is 2. The van der Waals surface area contributed by atoms with Crippen LogP contribution >= 0.6 is 35.0 Å². The Morgan fingerprint density at radius 2 is 1.85 bits per heavy atom. The molecule has 10 heteroatoms. The van der Waals surface area contributed by atoms with Crippen molar-refractivity contribution >= 4 is 56.8 Å². The number of benzene rings is 1. The maximum absolute atomic E-state index is 12.8. The van der Waals surface area contributed by atoms with E-state index in [1.54, 1.807) is 18.2 Å². The van der Waals surface area contributed by atoms with E-state index < -0.39 is 15.4 Å². The van der Waals surface area contributed by atoms with Crippen molar-refractivity contribution in [1.29, 1.82) is 0 Å². The van der Waals surface area contributed by atoms with Crippen LogP contribution in [0.25, 0.3) is 0 Å². The van der Waals surface area contributed by atoms with Crippen molar-refractivity contribution in [2.75, 3.05) is 24.6 Å². The minimum Gasteiger partial charge on any atom is -0.282 e. The number of hydrogen-bond donors (Lipinski definition) is 0. The van der Waals surface area contributed by atoms with Crippen LogP contribution < -0.4 is 0 Å². The molecule has 2 amide bonds. The summed E-state index contributed by atoms with van der Waals surface area (Å²) in [7, 11) is -3.66. The minimum absolute atomic E-state index is 0.109. The Bertz CT molecular complexity index is 816. The summed E-state index contributed by atoms with van der Waals surface area (Å²) in [6, 6.07) is 5.00. The van der Waals surface area contributed by atoms with Gasteiger partial charge in [0, 0.05) is 41.7 Å². The van der Waals surface area contributed by atoms with Crippen LogP contribution in [0, 0.1) is 0 Å². The molecule has 1 unspecified atom stereocenters. The summed E-state index contributed by atoms with van der Waals surface area (Å²) in [5.74, 6) is -0.244. The molecule has 1 aromatic rings. The van der Waals surface area contributed by atoms with Gasteiger partial charge < -0.3 is 0 Å². The number of imide groups is 1. The molecule has 0 aliphatic carbocycles. The van der Waals surface area contributed by atoms with Crippen molar-refractivity contribution in [3.05, 3.63) is 33.8 Å². The Kier molecular flexibility index (Phi) is 6.18. The van der Waals surface area contributed by atoms with Gasteiger partial charge in [-0.1, -0.05) is 29.3 Å². The molecular weight excluding hydrogens is 419 g/mol. The van der Waals surface area contributed by atoms with Crippen LogP contribution in [-0.4, -0.2) is 54.0 Å². The summed E-state index contributed by atoms with van der Waals surface area (Å²) in [6.45, 7) is 0.251. The van der Waals surface area contributed by atoms with Gasteiger partial charge in [0.05, 0.1) is 11.1 Å². The molecular formula is C16H18Cl2N2O4S2. The van der Waals surface area contributed by atoms with Crippen molar-refractivity contribution in [2.45, 2.75) is 24.6 Å². The first kappa shape index (κ1) is 19.9. The number of sulfonamides is 1. The number of thioether (sulfide) groups is 1. The van der Waals surface area contributed by atoms with Crippen molar-refractivity contribution < 1.29 is 18.0 Å². The predicted molar refractivity (Wildman–Crippen MR) is 103 cm³/mol. The smallest absolute Gasteiger partial charge is 0.229 e. The molecule has 0 saturated carbocycles. The zero-order valence-corrected chi connectivity index (χ0v) is 17.0. The zero-order valence-electron chi connectivity index (χ0n) is 13.9. The molecule has 142 valence electrons. The third kappa shape index (κ3) is 4.20. The number of amides is 2. The SMILES string of the molecule is O=C1CCCC(=O)N1CCS(=O)(=O)N1CCSC1c1ccc(Cl)cc1Cl. The second-order valence-electron chi connectivity index (χ2n) is 6.11. The number of carbonyl (C=O) groups is 2. The maximum Gasteiger partial charge on any atom is 0.229 e. The van der Waals surface area contributed by atoms with Gasteiger partial charge in [0.15, 0.2) is 0 Å². The van der Waals surface area contributed by atoms with Crippen LogP contribution in [-0.2, 0) is 19.6 Å². The Labute approximate surface area is 166 Å². The number of nitrogens with zero attached hydrogens (tertiary/aromatic N) is 2. The molecule has 2 aliphatic rings. The summed E-state index contributed by atoms with van der Waals surface area (Å²) in [5, 5.41) is 0.467. The van der Waals surface area contributed by atoms with Gasteiger partial charge in [0.2, 0.25) is 21.8 Å². The minimum atomic E-state index is -3.66. The van der Waals surface area contributed by atoms with E-state index in [0.29, 0.717) is 34.3 Å². The lowest BCUT2D eigenvalue weighted by Gasteiger charge is -2.28. The van der Waals surface area contributed by atoms with Crippen molar-refractivity contribution in [3.63, 3.8) is 0 Å². The summed E-state index contributed by atoms with van der Waals surface area (Å²) >= 11 is 13.7. The van der Waals surface area contributed by atoms with E-state index in [1.165, 1.54) is 16.1 Å². The van der Waals surface area contributed by atoms with E-state index in [1.807, 2.05) is 0 Å². The molecule has 6 nitrogen and oxygen atoms in total. The first-order chi connectivity index (χ1) is 12.3. The Morgan fingerprint density at radius 1 is 1.15 bits per heavy atom. The summed E-state index contributed by atoms with van der Waals surface area (Å²) in [6.07, 6.45) is 1.10. The second kappa shape index (κ2) is 8.06. The van der Waals surface area contributed by atoms with Crippen LogP contribution in [0.3, 0.4) is 0 Å². The van der Waals surface area contributed by atoms with E-state index in [9.17, 15) is 18.0 Å². The first-order valence-electron chi connectivity index (χ1n) is 8.19. The van der Waals surface area contributed by atoms with Gasteiger partial charge in [-0.2, -0.15) is 4.31 Å². The van der Waals surface area contributed by atoms with Gasteiger partial charge in [-0.25, -0.2) is 8.42 Å². The van der Waals surface area contributed by atoms with Crippen LogP contribution in [0.5, 0.6) is 0 Å². The average molecular weight is 437 g/mol. The lowest BCUT2D eigenvalue weighted by atomic mass is 10.1. The van der Waals surface area contributed by atoms with Gasteiger partial charge in [0.25, 0.3) is 0 Å². The Hall–Kier alpha value is -0.800. The van der Waals surface area contributed by atoms with Crippen molar-refractivity contribution in [1.82, 2.24) is 9.21 Å². The van der Waals surface area contributed by atoms with Crippen LogP contribution in [0.4, 0.5) is 0 Å². The van der Waals surface area contributed by atoms with E-state index in [2.05, 4.69) is 0 Å². The molecule has 0 bridgehead atoms. The second-order valence-corrected chi connectivity index (χ2v) is 10.2. The lowest BCUT2D eigenvalue weighted by Crippen LogP contribution is -2.44. The Balaban J connectivity index is 1.75. The average Bonchev–Trinajstić information content (AvgIpc) is 3.04. The number of hydrogen-bond acceptors (Lipinski definition) is 5. The Morgan fingerprint density at radius 3 is 2.50 bits per heavy atom. The molecule has 2 saturated heterocycles. The molecule has 1 aromatic carbocycles. The van der Waals surface area contributed by atoms with E-state index >= 15 is 0 Å². The number of rotatable bonds is 5. The molecule has 0 radical (unpaired) electrons. The van der Waals surface area contributed by atoms with Gasteiger partial charge in [-0.15, -0.1) is 11.8 Å². The van der Waals surface area contributed by atoms with Gasteiger partial charge in [-0.3, -0.25) is 14.5 Å². The third-order valence-electron chi connectivity index (χ3n) is 4.39. The normalized spacial score (nSPS) is 22.2. The number of piperidine rings is 1. The van der Waals surface area contributed by atoms with E-state index in [-0.39, 0.29) is 37.0 Å². The molecule has 0 spiro atoms. The fourth-order valence-corrected chi connectivity index (χ4v) is 6.93. The fourth-order valence-electron chi connectivity index (χ4n) is 3.06. The van der Waals surface area contributed by atoms with Crippen molar-refractivity contribution in [2.24, 2.45) is 0 Å². The van der Waals surface area contributed by atoms with Gasteiger partial charge in [0.1, 0.15) is 0 Å². The molecule has 26 heavy (non-hydrogen) atoms. The van der Waals surface area contributed by atoms with Gasteiger partial charge in [-0.05, 0) is 24.1 Å². The quantitative estimate of drug-likeness (QED) is 0.663. The van der Waals surface area contributed by atoms with Crippen LogP contribution in [0.2, 0.25) is 10.0 Å². The first-order valence-corrected chi connectivity index (χ1v) is 11.6. The van der Waals surface area contributed by atoms with E-state index in [0.717, 1.165) is 4.90 Å².